The Morgan fingerprint density at radius 3 is 2.93 bits per heavy atom. The molecule has 0 amide bonds. The average Bonchev–Trinajstić information content (AvgIpc) is 2.17. The van der Waals surface area contributed by atoms with Gasteiger partial charge in [0.2, 0.25) is 0 Å². The molecule has 74 valence electrons. The minimum Gasteiger partial charge on any atom is -0.486 e. The summed E-state index contributed by atoms with van der Waals surface area (Å²) in [5.41, 5.74) is 2.67. The third-order valence-electron chi connectivity index (χ3n) is 2.47. The second-order valence-corrected chi connectivity index (χ2v) is 4.05. The molecule has 0 saturated heterocycles. The van der Waals surface area contributed by atoms with Crippen LogP contribution in [0, 0.1) is 0 Å². The highest BCUT2D eigenvalue weighted by atomic mass is 16.5. The Labute approximate surface area is 85.4 Å². The minimum atomic E-state index is 0.273. The van der Waals surface area contributed by atoms with Crippen LogP contribution in [0.25, 0.3) is 0 Å². The van der Waals surface area contributed by atoms with Crippen LogP contribution in [0.4, 0.5) is 0 Å². The van der Waals surface area contributed by atoms with Crippen LogP contribution in [0.15, 0.2) is 35.9 Å². The molecule has 14 heavy (non-hydrogen) atoms. The quantitative estimate of drug-likeness (QED) is 0.614. The molecule has 1 nitrogen and oxygen atoms in total. The predicted octanol–water partition coefficient (Wildman–Crippen LogP) is 3.35. The van der Waals surface area contributed by atoms with Gasteiger partial charge in [-0.1, -0.05) is 23.8 Å². The molecule has 0 aromatic heterocycles. The highest BCUT2D eigenvalue weighted by molar-refractivity contribution is 5.35. The summed E-state index contributed by atoms with van der Waals surface area (Å²) in [7, 11) is 0. The van der Waals surface area contributed by atoms with Crippen molar-refractivity contribution in [2.24, 2.45) is 0 Å². The number of aryl methyl sites for hydroxylation is 1. The van der Waals surface area contributed by atoms with E-state index in [0.717, 1.165) is 18.6 Å². The number of hydrogen-bond donors (Lipinski definition) is 0. The maximum Gasteiger partial charge on any atom is 0.123 e. The fourth-order valence-corrected chi connectivity index (χ4v) is 1.83. The minimum absolute atomic E-state index is 0.273. The highest BCUT2D eigenvalue weighted by Crippen LogP contribution is 2.27. The van der Waals surface area contributed by atoms with E-state index >= 15 is 0 Å². The topological polar surface area (TPSA) is 9.23 Å². The monoisotopic (exact) mass is 188 g/mol. The van der Waals surface area contributed by atoms with Crippen LogP contribution in [0.1, 0.15) is 25.8 Å². The van der Waals surface area contributed by atoms with Crippen molar-refractivity contribution in [1.82, 2.24) is 0 Å². The lowest BCUT2D eigenvalue weighted by Crippen LogP contribution is -2.20. The van der Waals surface area contributed by atoms with Gasteiger partial charge in [0, 0.05) is 0 Å². The van der Waals surface area contributed by atoms with Crippen LogP contribution in [-0.2, 0) is 6.42 Å². The highest BCUT2D eigenvalue weighted by Gasteiger charge is 2.16. The van der Waals surface area contributed by atoms with Crippen LogP contribution in [0.2, 0.25) is 0 Å². The Bertz CT molecular complexity index is 348. The Morgan fingerprint density at radius 2 is 2.14 bits per heavy atom. The van der Waals surface area contributed by atoms with Gasteiger partial charge in [0.25, 0.3) is 0 Å². The zero-order valence-electron chi connectivity index (χ0n) is 8.79. The molecule has 0 saturated carbocycles. The van der Waals surface area contributed by atoms with E-state index in [9.17, 15) is 0 Å². The number of rotatable bonds is 1. The molecule has 0 spiro atoms. The Balaban J connectivity index is 2.17. The van der Waals surface area contributed by atoms with Gasteiger partial charge in [-0.3, -0.25) is 0 Å². The molecule has 0 fully saturated rings. The molecule has 0 bridgehead atoms. The third-order valence-corrected chi connectivity index (χ3v) is 2.47. The number of fused-ring (bicyclic) bond motifs is 1. The van der Waals surface area contributed by atoms with E-state index in [4.69, 9.17) is 4.74 Å². The summed E-state index contributed by atoms with van der Waals surface area (Å²) in [5, 5.41) is 0. The van der Waals surface area contributed by atoms with Gasteiger partial charge in [0.15, 0.2) is 0 Å². The van der Waals surface area contributed by atoms with Gasteiger partial charge in [-0.25, -0.2) is 0 Å². The van der Waals surface area contributed by atoms with Crippen molar-refractivity contribution in [1.29, 1.82) is 0 Å². The largest absolute Gasteiger partial charge is 0.486 e. The van der Waals surface area contributed by atoms with E-state index in [0.29, 0.717) is 0 Å². The second kappa shape index (κ2) is 3.87. The SMILES string of the molecule is CC(C)=CC1CCc2ccccc2O1. The Hall–Kier alpha value is -1.24. The summed E-state index contributed by atoms with van der Waals surface area (Å²) >= 11 is 0. The van der Waals surface area contributed by atoms with Gasteiger partial charge in [-0.05, 0) is 44.4 Å². The van der Waals surface area contributed by atoms with Gasteiger partial charge in [-0.2, -0.15) is 0 Å². The molecule has 1 heterocycles. The van der Waals surface area contributed by atoms with E-state index in [-0.39, 0.29) is 6.10 Å². The van der Waals surface area contributed by atoms with E-state index in [1.165, 1.54) is 11.1 Å². The molecule has 1 aromatic carbocycles. The van der Waals surface area contributed by atoms with Crippen LogP contribution in [-0.4, -0.2) is 6.10 Å². The van der Waals surface area contributed by atoms with Crippen molar-refractivity contribution >= 4 is 0 Å². The van der Waals surface area contributed by atoms with E-state index in [1.807, 2.05) is 6.07 Å². The zero-order valence-corrected chi connectivity index (χ0v) is 8.79. The fraction of sp³-hybridized carbons (Fsp3) is 0.385. The van der Waals surface area contributed by atoms with Crippen LogP contribution < -0.4 is 4.74 Å². The van der Waals surface area contributed by atoms with E-state index < -0.39 is 0 Å². The zero-order chi connectivity index (χ0) is 9.97. The molecule has 1 aliphatic heterocycles. The summed E-state index contributed by atoms with van der Waals surface area (Å²) in [5.74, 6) is 1.06. The van der Waals surface area contributed by atoms with Gasteiger partial charge in [0.1, 0.15) is 11.9 Å². The summed E-state index contributed by atoms with van der Waals surface area (Å²) in [6.45, 7) is 4.23. The first-order valence-electron chi connectivity index (χ1n) is 5.15. The Morgan fingerprint density at radius 1 is 1.36 bits per heavy atom. The number of hydrogen-bond acceptors (Lipinski definition) is 1. The normalized spacial score (nSPS) is 19.4. The number of para-hydroxylation sites is 1. The standard InChI is InChI=1S/C13H16O/c1-10(2)9-12-8-7-11-5-3-4-6-13(11)14-12/h3-6,9,12H,7-8H2,1-2H3. The molecule has 1 aliphatic rings. The Kier molecular flexibility index (Phi) is 2.58. The van der Waals surface area contributed by atoms with Crippen LogP contribution in [0.3, 0.4) is 0 Å². The van der Waals surface area contributed by atoms with Crippen molar-refractivity contribution in [3.63, 3.8) is 0 Å². The first-order chi connectivity index (χ1) is 6.75. The van der Waals surface area contributed by atoms with E-state index in [1.54, 1.807) is 0 Å². The molecule has 1 unspecified atom stereocenters. The van der Waals surface area contributed by atoms with Crippen LogP contribution >= 0.6 is 0 Å². The lowest BCUT2D eigenvalue weighted by Gasteiger charge is -2.24. The molecule has 1 atom stereocenters. The maximum atomic E-state index is 5.87. The van der Waals surface area contributed by atoms with Crippen LogP contribution in [0.5, 0.6) is 5.75 Å². The molecule has 1 heteroatoms. The summed E-state index contributed by atoms with van der Waals surface area (Å²) in [6.07, 6.45) is 4.71. The molecule has 1 aromatic rings. The first kappa shape index (κ1) is 9.32. The van der Waals surface area contributed by atoms with Crippen molar-refractivity contribution in [2.75, 3.05) is 0 Å². The van der Waals surface area contributed by atoms with E-state index in [2.05, 4.69) is 38.1 Å². The lowest BCUT2D eigenvalue weighted by molar-refractivity contribution is 0.218. The maximum absolute atomic E-state index is 5.87. The first-order valence-corrected chi connectivity index (χ1v) is 5.15. The molecule has 0 radical (unpaired) electrons. The summed E-state index contributed by atoms with van der Waals surface area (Å²) in [6, 6.07) is 8.31. The second-order valence-electron chi connectivity index (χ2n) is 4.05. The van der Waals surface area contributed by atoms with Gasteiger partial charge < -0.3 is 4.74 Å². The number of ether oxygens (including phenoxy) is 1. The van der Waals surface area contributed by atoms with Gasteiger partial charge in [-0.15, -0.1) is 0 Å². The molecular weight excluding hydrogens is 172 g/mol. The van der Waals surface area contributed by atoms with Crippen molar-refractivity contribution < 1.29 is 4.74 Å². The van der Waals surface area contributed by atoms with Crippen molar-refractivity contribution in [2.45, 2.75) is 32.8 Å². The molecule has 2 rings (SSSR count). The van der Waals surface area contributed by atoms with Crippen molar-refractivity contribution in [3.05, 3.63) is 41.5 Å². The van der Waals surface area contributed by atoms with Crippen molar-refractivity contribution in [3.8, 4) is 5.75 Å². The van der Waals surface area contributed by atoms with Gasteiger partial charge >= 0.3 is 0 Å². The number of allylic oxidation sites excluding steroid dienone is 1. The average molecular weight is 188 g/mol. The summed E-state index contributed by atoms with van der Waals surface area (Å²) < 4.78 is 5.87. The number of benzene rings is 1. The predicted molar refractivity (Wildman–Crippen MR) is 58.6 cm³/mol. The smallest absolute Gasteiger partial charge is 0.123 e. The fourth-order valence-electron chi connectivity index (χ4n) is 1.83. The third kappa shape index (κ3) is 1.98. The molecule has 0 N–H and O–H groups in total. The molecular formula is C13H16O. The lowest BCUT2D eigenvalue weighted by atomic mass is 10.0. The van der Waals surface area contributed by atoms with Gasteiger partial charge in [0.05, 0.1) is 0 Å². The molecule has 0 aliphatic carbocycles. The summed E-state index contributed by atoms with van der Waals surface area (Å²) in [4.78, 5) is 0.